The molecule has 1 amide bonds. The molecule has 0 saturated heterocycles. The SMILES string of the molecule is CCn1nc(C)cc1C(=O)N(Cc1ccc2c(c1)OCO2)C(C)c1ccccc1. The van der Waals surface area contributed by atoms with Gasteiger partial charge in [0, 0.05) is 13.1 Å². The van der Waals surface area contributed by atoms with Crippen molar-refractivity contribution in [2.24, 2.45) is 0 Å². The first kappa shape index (κ1) is 19.1. The second kappa shape index (κ2) is 7.99. The number of carbonyl (C=O) groups is 1. The average Bonchev–Trinajstić information content (AvgIpc) is 3.37. The predicted molar refractivity (Wildman–Crippen MR) is 110 cm³/mol. The van der Waals surface area contributed by atoms with Crippen LogP contribution >= 0.6 is 0 Å². The second-order valence-electron chi connectivity index (χ2n) is 7.19. The summed E-state index contributed by atoms with van der Waals surface area (Å²) in [7, 11) is 0. The van der Waals surface area contributed by atoms with E-state index >= 15 is 0 Å². The number of rotatable bonds is 6. The lowest BCUT2D eigenvalue weighted by atomic mass is 10.0. The molecule has 4 rings (SSSR count). The maximum atomic E-state index is 13.6. The Morgan fingerprint density at radius 2 is 1.90 bits per heavy atom. The topological polar surface area (TPSA) is 56.6 Å². The van der Waals surface area contributed by atoms with Crippen LogP contribution in [0.2, 0.25) is 0 Å². The molecule has 6 nitrogen and oxygen atoms in total. The molecular weight excluding hydrogens is 366 g/mol. The Bertz CT molecular complexity index is 1010. The molecule has 1 atom stereocenters. The van der Waals surface area contributed by atoms with Crippen molar-refractivity contribution in [2.45, 2.75) is 39.9 Å². The van der Waals surface area contributed by atoms with Gasteiger partial charge >= 0.3 is 0 Å². The number of amides is 1. The van der Waals surface area contributed by atoms with Crippen LogP contribution in [0.1, 0.15) is 47.2 Å². The van der Waals surface area contributed by atoms with Gasteiger partial charge in [0.1, 0.15) is 5.69 Å². The van der Waals surface area contributed by atoms with E-state index in [0.29, 0.717) is 18.8 Å². The van der Waals surface area contributed by atoms with Crippen molar-refractivity contribution >= 4 is 5.91 Å². The lowest BCUT2D eigenvalue weighted by Gasteiger charge is -2.30. The summed E-state index contributed by atoms with van der Waals surface area (Å²) in [5.41, 5.74) is 3.52. The molecule has 0 bridgehead atoms. The highest BCUT2D eigenvalue weighted by atomic mass is 16.7. The standard InChI is InChI=1S/C23H25N3O3/c1-4-26-20(12-16(2)24-26)23(27)25(17(3)19-8-6-5-7-9-19)14-18-10-11-21-22(13-18)29-15-28-21/h5-13,17H,4,14-15H2,1-3H3. The fourth-order valence-electron chi connectivity index (χ4n) is 3.64. The van der Waals surface area contributed by atoms with Crippen molar-refractivity contribution in [1.29, 1.82) is 0 Å². The van der Waals surface area contributed by atoms with E-state index in [2.05, 4.69) is 12.0 Å². The molecule has 0 fully saturated rings. The zero-order valence-corrected chi connectivity index (χ0v) is 17.0. The maximum absolute atomic E-state index is 13.6. The quantitative estimate of drug-likeness (QED) is 0.627. The van der Waals surface area contributed by atoms with Crippen LogP contribution in [0, 0.1) is 6.92 Å². The average molecular weight is 391 g/mol. The molecule has 0 aliphatic carbocycles. The molecule has 3 aromatic rings. The van der Waals surface area contributed by atoms with E-state index in [1.165, 1.54) is 0 Å². The molecule has 2 aromatic carbocycles. The van der Waals surface area contributed by atoms with Crippen molar-refractivity contribution in [2.75, 3.05) is 6.79 Å². The third kappa shape index (κ3) is 3.83. The van der Waals surface area contributed by atoms with Crippen LogP contribution in [0.3, 0.4) is 0 Å². The van der Waals surface area contributed by atoms with Gasteiger partial charge in [-0.15, -0.1) is 0 Å². The first-order chi connectivity index (χ1) is 14.1. The van der Waals surface area contributed by atoms with Gasteiger partial charge in [0.15, 0.2) is 11.5 Å². The van der Waals surface area contributed by atoms with Gasteiger partial charge in [-0.05, 0) is 50.1 Å². The molecule has 150 valence electrons. The van der Waals surface area contributed by atoms with E-state index in [4.69, 9.17) is 9.47 Å². The molecule has 0 spiro atoms. The van der Waals surface area contributed by atoms with Gasteiger partial charge in [-0.25, -0.2) is 0 Å². The normalized spacial score (nSPS) is 13.3. The number of carbonyl (C=O) groups excluding carboxylic acids is 1. The fraction of sp³-hybridized carbons (Fsp3) is 0.304. The van der Waals surface area contributed by atoms with E-state index in [0.717, 1.165) is 28.3 Å². The first-order valence-electron chi connectivity index (χ1n) is 9.85. The highest BCUT2D eigenvalue weighted by Crippen LogP contribution is 2.34. The van der Waals surface area contributed by atoms with Crippen LogP contribution in [0.15, 0.2) is 54.6 Å². The summed E-state index contributed by atoms with van der Waals surface area (Å²) in [6, 6.07) is 17.6. The molecule has 1 aromatic heterocycles. The number of aromatic nitrogens is 2. The summed E-state index contributed by atoms with van der Waals surface area (Å²) in [5, 5.41) is 4.45. The largest absolute Gasteiger partial charge is 0.454 e. The molecule has 0 radical (unpaired) electrons. The third-order valence-corrected chi connectivity index (χ3v) is 5.22. The van der Waals surface area contributed by atoms with Gasteiger partial charge in [0.2, 0.25) is 6.79 Å². The number of hydrogen-bond donors (Lipinski definition) is 0. The summed E-state index contributed by atoms with van der Waals surface area (Å²) >= 11 is 0. The number of benzene rings is 2. The summed E-state index contributed by atoms with van der Waals surface area (Å²) in [6.07, 6.45) is 0. The zero-order valence-electron chi connectivity index (χ0n) is 17.0. The number of nitrogens with zero attached hydrogens (tertiary/aromatic N) is 3. The van der Waals surface area contributed by atoms with Crippen molar-refractivity contribution in [3.8, 4) is 11.5 Å². The highest BCUT2D eigenvalue weighted by molar-refractivity contribution is 5.93. The number of aryl methyl sites for hydroxylation is 2. The minimum Gasteiger partial charge on any atom is -0.454 e. The van der Waals surface area contributed by atoms with Gasteiger partial charge < -0.3 is 14.4 Å². The smallest absolute Gasteiger partial charge is 0.272 e. The van der Waals surface area contributed by atoms with E-state index in [1.54, 1.807) is 4.68 Å². The van der Waals surface area contributed by atoms with Crippen molar-refractivity contribution in [3.63, 3.8) is 0 Å². The molecule has 1 aliphatic heterocycles. The van der Waals surface area contributed by atoms with Crippen molar-refractivity contribution in [3.05, 3.63) is 77.1 Å². The lowest BCUT2D eigenvalue weighted by Crippen LogP contribution is -2.34. The van der Waals surface area contributed by atoms with Crippen LogP contribution in [0.25, 0.3) is 0 Å². The van der Waals surface area contributed by atoms with Gasteiger partial charge in [-0.3, -0.25) is 9.48 Å². The first-order valence-corrected chi connectivity index (χ1v) is 9.85. The number of hydrogen-bond acceptors (Lipinski definition) is 4. The molecule has 0 N–H and O–H groups in total. The summed E-state index contributed by atoms with van der Waals surface area (Å²) in [6.45, 7) is 7.29. The van der Waals surface area contributed by atoms with Crippen LogP contribution in [-0.2, 0) is 13.1 Å². The molecule has 29 heavy (non-hydrogen) atoms. The predicted octanol–water partition coefficient (Wildman–Crippen LogP) is 4.34. The highest BCUT2D eigenvalue weighted by Gasteiger charge is 2.26. The maximum Gasteiger partial charge on any atom is 0.272 e. The Balaban J connectivity index is 1.69. The number of fused-ring (bicyclic) bond motifs is 1. The molecule has 0 saturated carbocycles. The molecule has 6 heteroatoms. The van der Waals surface area contributed by atoms with Gasteiger partial charge in [-0.2, -0.15) is 5.10 Å². The van der Waals surface area contributed by atoms with Crippen LogP contribution in [-0.4, -0.2) is 27.4 Å². The number of ether oxygens (including phenoxy) is 2. The second-order valence-corrected chi connectivity index (χ2v) is 7.19. The Morgan fingerprint density at radius 1 is 1.14 bits per heavy atom. The van der Waals surface area contributed by atoms with E-state index in [1.807, 2.05) is 73.3 Å². The van der Waals surface area contributed by atoms with Gasteiger partial charge in [-0.1, -0.05) is 36.4 Å². The van der Waals surface area contributed by atoms with Crippen LogP contribution < -0.4 is 9.47 Å². The van der Waals surface area contributed by atoms with Crippen molar-refractivity contribution < 1.29 is 14.3 Å². The molecule has 1 unspecified atom stereocenters. The monoisotopic (exact) mass is 391 g/mol. The molecule has 1 aliphatic rings. The Morgan fingerprint density at radius 3 is 2.66 bits per heavy atom. The Hall–Kier alpha value is -3.28. The van der Waals surface area contributed by atoms with Gasteiger partial charge in [0.25, 0.3) is 5.91 Å². The minimum atomic E-state index is -0.102. The Labute approximate surface area is 170 Å². The van der Waals surface area contributed by atoms with E-state index in [9.17, 15) is 4.79 Å². The van der Waals surface area contributed by atoms with Crippen LogP contribution in [0.5, 0.6) is 11.5 Å². The lowest BCUT2D eigenvalue weighted by molar-refractivity contribution is 0.0661. The summed E-state index contributed by atoms with van der Waals surface area (Å²) in [5.74, 6) is 1.42. The van der Waals surface area contributed by atoms with E-state index < -0.39 is 0 Å². The van der Waals surface area contributed by atoms with Crippen LogP contribution in [0.4, 0.5) is 0 Å². The third-order valence-electron chi connectivity index (χ3n) is 5.22. The van der Waals surface area contributed by atoms with E-state index in [-0.39, 0.29) is 18.7 Å². The molecule has 2 heterocycles. The fourth-order valence-corrected chi connectivity index (χ4v) is 3.64. The summed E-state index contributed by atoms with van der Waals surface area (Å²) in [4.78, 5) is 15.5. The van der Waals surface area contributed by atoms with Gasteiger partial charge in [0.05, 0.1) is 11.7 Å². The molecular formula is C23H25N3O3. The Kier molecular flexibility index (Phi) is 5.25. The minimum absolute atomic E-state index is 0.0403. The zero-order chi connectivity index (χ0) is 20.4. The summed E-state index contributed by atoms with van der Waals surface area (Å²) < 4.78 is 12.7. The van der Waals surface area contributed by atoms with Crippen molar-refractivity contribution in [1.82, 2.24) is 14.7 Å².